The number of carbonyl (C=O) groups excluding carboxylic acids is 2. The van der Waals surface area contributed by atoms with Crippen molar-refractivity contribution < 1.29 is 45.1 Å². The molecule has 2 aliphatic carbocycles. The number of nitrogens with one attached hydrogen (secondary N) is 1. The SMILES string of the molecule is NC(=O)c1nccc(OCC(F)F)c1[C@@H](c1cn2ncc([C@H](NC(=O)CCC(F)(F)F)C3CC3)cc2n1)C1CCC(F)(F)CC1. The van der Waals surface area contributed by atoms with Crippen LogP contribution >= 0.6 is 0 Å². The first-order valence-corrected chi connectivity index (χ1v) is 14.5. The first-order valence-electron chi connectivity index (χ1n) is 14.5. The molecule has 2 fully saturated rings. The predicted octanol–water partition coefficient (Wildman–Crippen LogP) is 5.73. The molecule has 3 aromatic rings. The maximum Gasteiger partial charge on any atom is 0.389 e. The summed E-state index contributed by atoms with van der Waals surface area (Å²) in [5, 5.41) is 7.05. The molecule has 9 nitrogen and oxygen atoms in total. The summed E-state index contributed by atoms with van der Waals surface area (Å²) in [7, 11) is 0. The van der Waals surface area contributed by atoms with Gasteiger partial charge in [0.25, 0.3) is 12.3 Å². The molecular weight excluding hydrogens is 613 g/mol. The smallest absolute Gasteiger partial charge is 0.389 e. The monoisotopic (exact) mass is 644 g/mol. The van der Waals surface area contributed by atoms with E-state index in [1.807, 2.05) is 0 Å². The van der Waals surface area contributed by atoms with E-state index >= 15 is 0 Å². The molecule has 0 spiro atoms. The average Bonchev–Trinajstić information content (AvgIpc) is 3.72. The third kappa shape index (κ3) is 8.00. The molecule has 3 N–H and O–H groups in total. The van der Waals surface area contributed by atoms with Crippen molar-refractivity contribution in [3.8, 4) is 5.75 Å². The molecule has 16 heteroatoms. The van der Waals surface area contributed by atoms with E-state index in [9.17, 15) is 40.3 Å². The summed E-state index contributed by atoms with van der Waals surface area (Å²) in [4.78, 5) is 33.6. The topological polar surface area (TPSA) is 125 Å². The van der Waals surface area contributed by atoms with Crippen LogP contribution in [0.4, 0.5) is 30.7 Å². The Hall–Kier alpha value is -3.98. The van der Waals surface area contributed by atoms with Gasteiger partial charge < -0.3 is 15.8 Å². The number of pyridine rings is 1. The number of amides is 2. The van der Waals surface area contributed by atoms with Gasteiger partial charge in [-0.15, -0.1) is 0 Å². The van der Waals surface area contributed by atoms with Gasteiger partial charge in [-0.05, 0) is 55.2 Å². The third-order valence-corrected chi connectivity index (χ3v) is 8.18. The van der Waals surface area contributed by atoms with Crippen LogP contribution in [-0.2, 0) is 4.79 Å². The summed E-state index contributed by atoms with van der Waals surface area (Å²) in [6.07, 6.45) is -4.51. The zero-order chi connectivity index (χ0) is 32.5. The van der Waals surface area contributed by atoms with Crippen molar-refractivity contribution in [3.05, 3.63) is 53.2 Å². The second-order valence-corrected chi connectivity index (χ2v) is 11.6. The van der Waals surface area contributed by atoms with E-state index in [1.165, 1.54) is 29.2 Å². The summed E-state index contributed by atoms with van der Waals surface area (Å²) < 4.78 is 99.3. The van der Waals surface area contributed by atoms with E-state index in [0.29, 0.717) is 5.56 Å². The Morgan fingerprint density at radius 3 is 2.47 bits per heavy atom. The van der Waals surface area contributed by atoms with Crippen molar-refractivity contribution in [1.29, 1.82) is 0 Å². The lowest BCUT2D eigenvalue weighted by Gasteiger charge is -2.34. The molecule has 0 bridgehead atoms. The fourth-order valence-electron chi connectivity index (χ4n) is 5.89. The Morgan fingerprint density at radius 2 is 1.84 bits per heavy atom. The molecule has 0 radical (unpaired) electrons. The Balaban J connectivity index is 1.53. The summed E-state index contributed by atoms with van der Waals surface area (Å²) in [5.41, 5.74) is 6.44. The lowest BCUT2D eigenvalue weighted by atomic mass is 9.73. The summed E-state index contributed by atoms with van der Waals surface area (Å²) in [6.45, 7) is -1.00. The van der Waals surface area contributed by atoms with Gasteiger partial charge in [-0.2, -0.15) is 18.3 Å². The van der Waals surface area contributed by atoms with Crippen molar-refractivity contribution in [2.75, 3.05) is 6.61 Å². The molecular formula is C29H31F7N6O3. The highest BCUT2D eigenvalue weighted by molar-refractivity contribution is 5.93. The lowest BCUT2D eigenvalue weighted by Crippen LogP contribution is -2.30. The van der Waals surface area contributed by atoms with Gasteiger partial charge in [0, 0.05) is 36.9 Å². The molecule has 2 amide bonds. The van der Waals surface area contributed by atoms with Gasteiger partial charge in [0.1, 0.15) is 18.1 Å². The maximum atomic E-state index is 14.2. The summed E-state index contributed by atoms with van der Waals surface area (Å²) in [6, 6.07) is 2.30. The minimum absolute atomic E-state index is 0.00163. The lowest BCUT2D eigenvalue weighted by molar-refractivity contribution is -0.144. The first kappa shape index (κ1) is 32.4. The number of fused-ring (bicyclic) bond motifs is 1. The number of rotatable bonds is 12. The molecule has 2 aliphatic rings. The Bertz CT molecular complexity index is 1530. The van der Waals surface area contributed by atoms with Crippen LogP contribution in [0.25, 0.3) is 5.65 Å². The Kier molecular flexibility index (Phi) is 9.21. The van der Waals surface area contributed by atoms with Crippen LogP contribution in [-0.4, -0.2) is 56.5 Å². The number of ether oxygens (including phenoxy) is 1. The third-order valence-electron chi connectivity index (χ3n) is 8.18. The van der Waals surface area contributed by atoms with Gasteiger partial charge >= 0.3 is 6.18 Å². The number of aromatic nitrogens is 4. The van der Waals surface area contributed by atoms with Gasteiger partial charge in [-0.3, -0.25) is 14.6 Å². The predicted molar refractivity (Wildman–Crippen MR) is 145 cm³/mol. The number of imidazole rings is 1. The van der Waals surface area contributed by atoms with Crippen molar-refractivity contribution in [3.63, 3.8) is 0 Å². The maximum absolute atomic E-state index is 14.2. The molecule has 3 heterocycles. The van der Waals surface area contributed by atoms with E-state index in [-0.39, 0.29) is 47.1 Å². The van der Waals surface area contributed by atoms with E-state index < -0.39 is 80.5 Å². The number of hydrogen-bond acceptors (Lipinski definition) is 6. The summed E-state index contributed by atoms with van der Waals surface area (Å²) >= 11 is 0. The average molecular weight is 645 g/mol. The minimum atomic E-state index is -4.48. The molecule has 3 aromatic heterocycles. The highest BCUT2D eigenvalue weighted by atomic mass is 19.4. The zero-order valence-corrected chi connectivity index (χ0v) is 23.9. The fourth-order valence-corrected chi connectivity index (χ4v) is 5.89. The van der Waals surface area contributed by atoms with Crippen molar-refractivity contribution in [2.24, 2.45) is 17.6 Å². The van der Waals surface area contributed by atoms with E-state index in [0.717, 1.165) is 12.8 Å². The van der Waals surface area contributed by atoms with Gasteiger partial charge in [0.15, 0.2) is 5.65 Å². The van der Waals surface area contributed by atoms with Gasteiger partial charge in [0.05, 0.1) is 30.6 Å². The van der Waals surface area contributed by atoms with E-state index in [2.05, 4.69) is 20.4 Å². The second-order valence-electron chi connectivity index (χ2n) is 11.6. The van der Waals surface area contributed by atoms with Crippen LogP contribution in [0.3, 0.4) is 0 Å². The number of nitrogens with two attached hydrogens (primary N) is 1. The molecule has 2 saturated carbocycles. The summed E-state index contributed by atoms with van der Waals surface area (Å²) in [5.74, 6) is -6.19. The van der Waals surface area contributed by atoms with Crippen molar-refractivity contribution >= 4 is 17.5 Å². The van der Waals surface area contributed by atoms with Crippen LogP contribution in [0.5, 0.6) is 5.75 Å². The van der Waals surface area contributed by atoms with Crippen LogP contribution in [0.15, 0.2) is 30.7 Å². The van der Waals surface area contributed by atoms with Crippen molar-refractivity contribution in [1.82, 2.24) is 24.9 Å². The Morgan fingerprint density at radius 1 is 1.13 bits per heavy atom. The molecule has 0 aliphatic heterocycles. The molecule has 5 rings (SSSR count). The van der Waals surface area contributed by atoms with E-state index in [1.54, 1.807) is 6.07 Å². The van der Waals surface area contributed by atoms with Crippen LogP contribution in [0.1, 0.15) is 90.6 Å². The first-order chi connectivity index (χ1) is 21.2. The highest BCUT2D eigenvalue weighted by Gasteiger charge is 2.42. The fraction of sp³-hybridized carbons (Fsp3) is 0.552. The molecule has 45 heavy (non-hydrogen) atoms. The van der Waals surface area contributed by atoms with Gasteiger partial charge in [-0.25, -0.2) is 27.1 Å². The number of hydrogen-bond donors (Lipinski definition) is 2. The Labute approximate surface area is 252 Å². The number of carbonyl (C=O) groups is 2. The number of halogens is 7. The largest absolute Gasteiger partial charge is 0.487 e. The second kappa shape index (κ2) is 12.8. The van der Waals surface area contributed by atoms with E-state index in [4.69, 9.17) is 10.5 Å². The molecule has 2 atom stereocenters. The van der Waals surface area contributed by atoms with Gasteiger partial charge in [0.2, 0.25) is 11.8 Å². The molecule has 0 unspecified atom stereocenters. The molecule has 0 saturated heterocycles. The zero-order valence-electron chi connectivity index (χ0n) is 23.9. The highest BCUT2D eigenvalue weighted by Crippen LogP contribution is 2.48. The molecule has 244 valence electrons. The van der Waals surface area contributed by atoms with Crippen LogP contribution in [0.2, 0.25) is 0 Å². The van der Waals surface area contributed by atoms with Gasteiger partial charge in [-0.1, -0.05) is 0 Å². The van der Waals surface area contributed by atoms with Crippen molar-refractivity contribution in [2.45, 2.75) is 81.9 Å². The van der Waals surface area contributed by atoms with Crippen LogP contribution in [0, 0.1) is 11.8 Å². The quantitative estimate of drug-likeness (QED) is 0.243. The normalized spacial score (nSPS) is 18.6. The number of nitrogens with zero attached hydrogens (tertiary/aromatic N) is 4. The number of primary amides is 1. The minimum Gasteiger partial charge on any atom is -0.487 e. The number of alkyl halides is 7. The molecule has 0 aromatic carbocycles. The standard InChI is InChI=1S/C29H31F7N6O3/c30-20(31)14-45-19-6-10-38-26(27(37)44)24(19)23(15-3-7-28(32,33)8-4-15)18-13-42-21(40-18)11-17(12-39-42)25(16-1-2-16)41-22(43)5-9-29(34,35)36/h6,10-13,15-16,20,23,25H,1-5,7-9,14H2,(H2,37,44)(H,41,43)/t23-,25-/m1/s1. The van der Waals surface area contributed by atoms with Crippen LogP contribution < -0.4 is 15.8 Å².